The molecule has 0 aromatic heterocycles. The number of nitrogens with zero attached hydrogens (tertiary/aromatic N) is 1. The van der Waals surface area contributed by atoms with Gasteiger partial charge in [-0.15, -0.1) is 0 Å². The van der Waals surface area contributed by atoms with Crippen molar-refractivity contribution >= 4 is 5.91 Å². The standard InChI is InChI=1S/C10H19NO2/c1-8(2)10(12)11-6-4-5-9(7-11)13-3/h8-9H,4-7H2,1-3H3. The van der Waals surface area contributed by atoms with Gasteiger partial charge in [-0.05, 0) is 12.8 Å². The topological polar surface area (TPSA) is 29.5 Å². The number of amides is 1. The van der Waals surface area contributed by atoms with Gasteiger partial charge in [-0.2, -0.15) is 0 Å². The van der Waals surface area contributed by atoms with E-state index in [2.05, 4.69) is 0 Å². The predicted molar refractivity (Wildman–Crippen MR) is 51.4 cm³/mol. The molecule has 3 nitrogen and oxygen atoms in total. The summed E-state index contributed by atoms with van der Waals surface area (Å²) < 4.78 is 5.26. The van der Waals surface area contributed by atoms with Crippen molar-refractivity contribution in [3.8, 4) is 0 Å². The van der Waals surface area contributed by atoms with Crippen molar-refractivity contribution in [3.05, 3.63) is 0 Å². The molecule has 1 heterocycles. The lowest BCUT2D eigenvalue weighted by Crippen LogP contribution is -2.44. The van der Waals surface area contributed by atoms with Gasteiger partial charge in [0.1, 0.15) is 0 Å². The summed E-state index contributed by atoms with van der Waals surface area (Å²) in [4.78, 5) is 13.5. The van der Waals surface area contributed by atoms with E-state index in [0.717, 1.165) is 25.9 Å². The first kappa shape index (κ1) is 10.5. The van der Waals surface area contributed by atoms with Crippen molar-refractivity contribution < 1.29 is 9.53 Å². The van der Waals surface area contributed by atoms with Crippen LogP contribution < -0.4 is 0 Å². The molecule has 76 valence electrons. The molecule has 0 spiro atoms. The van der Waals surface area contributed by atoms with Crippen LogP contribution in [0, 0.1) is 5.92 Å². The van der Waals surface area contributed by atoms with Crippen LogP contribution in [-0.2, 0) is 9.53 Å². The Bertz CT molecular complexity index is 180. The van der Waals surface area contributed by atoms with Crippen molar-refractivity contribution in [2.45, 2.75) is 32.8 Å². The zero-order valence-corrected chi connectivity index (χ0v) is 8.75. The summed E-state index contributed by atoms with van der Waals surface area (Å²) in [6.07, 6.45) is 2.39. The lowest BCUT2D eigenvalue weighted by Gasteiger charge is -2.33. The van der Waals surface area contributed by atoms with Crippen LogP contribution in [0.1, 0.15) is 26.7 Å². The van der Waals surface area contributed by atoms with E-state index in [1.165, 1.54) is 0 Å². The van der Waals surface area contributed by atoms with Gasteiger partial charge in [0, 0.05) is 26.1 Å². The maximum atomic E-state index is 11.6. The minimum absolute atomic E-state index is 0.107. The summed E-state index contributed by atoms with van der Waals surface area (Å²) in [7, 11) is 1.72. The monoisotopic (exact) mass is 185 g/mol. The van der Waals surface area contributed by atoms with Crippen LogP contribution in [0.5, 0.6) is 0 Å². The molecule has 0 aromatic rings. The molecule has 1 rings (SSSR count). The summed E-state index contributed by atoms with van der Waals surface area (Å²) in [5.74, 6) is 0.359. The second-order valence-corrected chi connectivity index (χ2v) is 3.94. The van der Waals surface area contributed by atoms with E-state index in [-0.39, 0.29) is 17.9 Å². The quantitative estimate of drug-likeness (QED) is 0.648. The molecule has 0 saturated carbocycles. The number of piperidine rings is 1. The van der Waals surface area contributed by atoms with Crippen LogP contribution in [0.25, 0.3) is 0 Å². The fraction of sp³-hybridized carbons (Fsp3) is 0.900. The summed E-state index contributed by atoms with van der Waals surface area (Å²) in [5, 5.41) is 0. The van der Waals surface area contributed by atoms with Gasteiger partial charge in [-0.3, -0.25) is 4.79 Å². The minimum Gasteiger partial charge on any atom is -0.380 e. The second kappa shape index (κ2) is 4.61. The molecule has 1 aliphatic rings. The Morgan fingerprint density at radius 3 is 2.77 bits per heavy atom. The summed E-state index contributed by atoms with van der Waals surface area (Å²) in [6.45, 7) is 5.56. The van der Waals surface area contributed by atoms with Gasteiger partial charge in [0.15, 0.2) is 0 Å². The first-order valence-corrected chi connectivity index (χ1v) is 4.96. The average Bonchev–Trinajstić information content (AvgIpc) is 2.16. The van der Waals surface area contributed by atoms with Crippen molar-refractivity contribution in [2.24, 2.45) is 5.92 Å². The lowest BCUT2D eigenvalue weighted by atomic mass is 10.1. The van der Waals surface area contributed by atoms with Crippen LogP contribution in [-0.4, -0.2) is 37.1 Å². The van der Waals surface area contributed by atoms with Gasteiger partial charge in [0.05, 0.1) is 6.10 Å². The van der Waals surface area contributed by atoms with Crippen LogP contribution >= 0.6 is 0 Å². The second-order valence-electron chi connectivity index (χ2n) is 3.94. The van der Waals surface area contributed by atoms with Crippen LogP contribution in [0.3, 0.4) is 0 Å². The smallest absolute Gasteiger partial charge is 0.225 e. The molecule has 1 aliphatic heterocycles. The third-order valence-electron chi connectivity index (χ3n) is 2.52. The normalized spacial score (nSPS) is 23.7. The maximum absolute atomic E-state index is 11.6. The van der Waals surface area contributed by atoms with E-state index >= 15 is 0 Å². The van der Waals surface area contributed by atoms with Gasteiger partial charge in [0.25, 0.3) is 0 Å². The van der Waals surface area contributed by atoms with Crippen molar-refractivity contribution in [1.29, 1.82) is 0 Å². The third kappa shape index (κ3) is 2.69. The Kier molecular flexibility index (Phi) is 3.72. The van der Waals surface area contributed by atoms with Crippen molar-refractivity contribution in [2.75, 3.05) is 20.2 Å². The molecular weight excluding hydrogens is 166 g/mol. The fourth-order valence-corrected chi connectivity index (χ4v) is 1.70. The van der Waals surface area contributed by atoms with E-state index < -0.39 is 0 Å². The van der Waals surface area contributed by atoms with Crippen LogP contribution in [0.4, 0.5) is 0 Å². The van der Waals surface area contributed by atoms with E-state index in [9.17, 15) is 4.79 Å². The van der Waals surface area contributed by atoms with E-state index in [0.29, 0.717) is 0 Å². The molecule has 1 fully saturated rings. The van der Waals surface area contributed by atoms with Gasteiger partial charge < -0.3 is 9.64 Å². The first-order chi connectivity index (χ1) is 6.15. The third-order valence-corrected chi connectivity index (χ3v) is 2.52. The molecule has 3 heteroatoms. The number of rotatable bonds is 2. The number of ether oxygens (including phenoxy) is 1. The van der Waals surface area contributed by atoms with Gasteiger partial charge in [-0.1, -0.05) is 13.8 Å². The first-order valence-electron chi connectivity index (χ1n) is 4.96. The number of hydrogen-bond acceptors (Lipinski definition) is 2. The Balaban J connectivity index is 2.46. The number of likely N-dealkylation sites (tertiary alicyclic amines) is 1. The number of hydrogen-bond donors (Lipinski definition) is 0. The summed E-state index contributed by atoms with van der Waals surface area (Å²) in [5.41, 5.74) is 0. The van der Waals surface area contributed by atoms with Crippen LogP contribution in [0.2, 0.25) is 0 Å². The SMILES string of the molecule is COC1CCCN(C(=O)C(C)C)C1. The summed E-state index contributed by atoms with van der Waals surface area (Å²) >= 11 is 0. The van der Waals surface area contributed by atoms with Crippen molar-refractivity contribution in [3.63, 3.8) is 0 Å². The number of methoxy groups -OCH3 is 1. The zero-order chi connectivity index (χ0) is 9.84. The molecule has 0 aliphatic carbocycles. The van der Waals surface area contributed by atoms with E-state index in [4.69, 9.17) is 4.74 Å². The molecule has 13 heavy (non-hydrogen) atoms. The fourth-order valence-electron chi connectivity index (χ4n) is 1.70. The highest BCUT2D eigenvalue weighted by molar-refractivity contribution is 5.78. The Labute approximate surface area is 80.1 Å². The molecule has 1 amide bonds. The highest BCUT2D eigenvalue weighted by Crippen LogP contribution is 2.14. The lowest BCUT2D eigenvalue weighted by molar-refractivity contribution is -0.138. The zero-order valence-electron chi connectivity index (χ0n) is 8.75. The number of carbonyl (C=O) groups is 1. The molecule has 0 aromatic carbocycles. The van der Waals surface area contributed by atoms with Gasteiger partial charge >= 0.3 is 0 Å². The van der Waals surface area contributed by atoms with Crippen molar-refractivity contribution in [1.82, 2.24) is 4.90 Å². The van der Waals surface area contributed by atoms with Gasteiger partial charge in [-0.25, -0.2) is 0 Å². The average molecular weight is 185 g/mol. The molecule has 0 N–H and O–H groups in total. The number of carbonyl (C=O) groups excluding carboxylic acids is 1. The highest BCUT2D eigenvalue weighted by atomic mass is 16.5. The molecule has 0 radical (unpaired) electrons. The Morgan fingerprint density at radius 2 is 2.23 bits per heavy atom. The molecule has 0 bridgehead atoms. The molecular formula is C10H19NO2. The molecule has 1 unspecified atom stereocenters. The Hall–Kier alpha value is -0.570. The summed E-state index contributed by atoms with van der Waals surface area (Å²) in [6, 6.07) is 0. The minimum atomic E-state index is 0.107. The predicted octanol–water partition coefficient (Wildman–Crippen LogP) is 1.28. The largest absolute Gasteiger partial charge is 0.380 e. The Morgan fingerprint density at radius 1 is 1.54 bits per heavy atom. The van der Waals surface area contributed by atoms with E-state index in [1.54, 1.807) is 7.11 Å². The van der Waals surface area contributed by atoms with E-state index in [1.807, 2.05) is 18.7 Å². The highest BCUT2D eigenvalue weighted by Gasteiger charge is 2.24. The van der Waals surface area contributed by atoms with Gasteiger partial charge in [0.2, 0.25) is 5.91 Å². The molecule has 1 atom stereocenters. The molecule has 1 saturated heterocycles. The van der Waals surface area contributed by atoms with Crippen LogP contribution in [0.15, 0.2) is 0 Å². The maximum Gasteiger partial charge on any atom is 0.225 e.